The van der Waals surface area contributed by atoms with Crippen molar-refractivity contribution in [1.82, 2.24) is 4.90 Å². The standard InChI is InChI=1S/C18H23NO3/c20-17(21)9-6-13-3-2-10-19(12-13)18(22)16-8-7-14-4-1-5-15(14)11-16/h7-8,11,13H,1-6,9-10,12H2,(H,20,21). The number of hydrogen-bond acceptors (Lipinski definition) is 2. The zero-order valence-electron chi connectivity index (χ0n) is 12.9. The van der Waals surface area contributed by atoms with E-state index in [1.165, 1.54) is 17.5 Å². The SMILES string of the molecule is O=C(O)CCC1CCCN(C(=O)c2ccc3c(c2)CCC3)C1. The molecule has 3 rings (SSSR count). The van der Waals surface area contributed by atoms with Crippen molar-refractivity contribution in [1.29, 1.82) is 0 Å². The molecule has 22 heavy (non-hydrogen) atoms. The number of amides is 1. The number of fused-ring (bicyclic) bond motifs is 1. The lowest BCUT2D eigenvalue weighted by molar-refractivity contribution is -0.137. The Balaban J connectivity index is 1.65. The van der Waals surface area contributed by atoms with Crippen LogP contribution in [0.15, 0.2) is 18.2 Å². The Bertz CT molecular complexity index is 582. The number of likely N-dealkylation sites (tertiary alicyclic amines) is 1. The number of aryl methyl sites for hydroxylation is 2. The summed E-state index contributed by atoms with van der Waals surface area (Å²) >= 11 is 0. The Hall–Kier alpha value is -1.84. The molecule has 1 aromatic rings. The average Bonchev–Trinajstić information content (AvgIpc) is 3.00. The van der Waals surface area contributed by atoms with E-state index in [0.717, 1.165) is 37.8 Å². The van der Waals surface area contributed by atoms with Crippen LogP contribution in [-0.4, -0.2) is 35.0 Å². The smallest absolute Gasteiger partial charge is 0.303 e. The second-order valence-electron chi connectivity index (χ2n) is 6.53. The highest BCUT2D eigenvalue weighted by molar-refractivity contribution is 5.94. The van der Waals surface area contributed by atoms with Crippen LogP contribution in [-0.2, 0) is 17.6 Å². The number of hydrogen-bond donors (Lipinski definition) is 1. The zero-order valence-corrected chi connectivity index (χ0v) is 12.9. The molecule has 1 heterocycles. The summed E-state index contributed by atoms with van der Waals surface area (Å²) in [6, 6.07) is 6.11. The first-order valence-corrected chi connectivity index (χ1v) is 8.26. The van der Waals surface area contributed by atoms with E-state index in [2.05, 4.69) is 12.1 Å². The summed E-state index contributed by atoms with van der Waals surface area (Å²) in [5.41, 5.74) is 3.50. The maximum Gasteiger partial charge on any atom is 0.303 e. The largest absolute Gasteiger partial charge is 0.481 e. The minimum atomic E-state index is -0.748. The van der Waals surface area contributed by atoms with Crippen molar-refractivity contribution >= 4 is 11.9 Å². The van der Waals surface area contributed by atoms with E-state index in [1.807, 2.05) is 11.0 Å². The highest BCUT2D eigenvalue weighted by Crippen LogP contribution is 2.26. The molecule has 1 fully saturated rings. The fourth-order valence-electron chi connectivity index (χ4n) is 3.70. The van der Waals surface area contributed by atoms with Gasteiger partial charge in [0.25, 0.3) is 5.91 Å². The minimum Gasteiger partial charge on any atom is -0.481 e. The molecule has 0 spiro atoms. The number of rotatable bonds is 4. The van der Waals surface area contributed by atoms with Crippen LogP contribution in [0.4, 0.5) is 0 Å². The highest BCUT2D eigenvalue weighted by Gasteiger charge is 2.25. The van der Waals surface area contributed by atoms with Gasteiger partial charge in [-0.2, -0.15) is 0 Å². The van der Waals surface area contributed by atoms with Gasteiger partial charge in [-0.15, -0.1) is 0 Å². The first-order chi connectivity index (χ1) is 10.6. The third kappa shape index (κ3) is 3.32. The van der Waals surface area contributed by atoms with Gasteiger partial charge in [-0.1, -0.05) is 6.07 Å². The molecule has 0 saturated carbocycles. The molecule has 1 atom stereocenters. The van der Waals surface area contributed by atoms with E-state index >= 15 is 0 Å². The molecule has 2 aliphatic rings. The number of benzene rings is 1. The summed E-state index contributed by atoms with van der Waals surface area (Å²) in [6.45, 7) is 1.49. The quantitative estimate of drug-likeness (QED) is 0.930. The number of nitrogens with zero attached hydrogens (tertiary/aromatic N) is 1. The van der Waals surface area contributed by atoms with Gasteiger partial charge in [-0.25, -0.2) is 0 Å². The fourth-order valence-corrected chi connectivity index (χ4v) is 3.70. The molecule has 0 bridgehead atoms. The van der Waals surface area contributed by atoms with Crippen molar-refractivity contribution in [2.24, 2.45) is 5.92 Å². The van der Waals surface area contributed by atoms with Crippen LogP contribution in [0.1, 0.15) is 53.6 Å². The molecule has 0 radical (unpaired) electrons. The summed E-state index contributed by atoms with van der Waals surface area (Å²) < 4.78 is 0. The number of aliphatic carboxylic acids is 1. The summed E-state index contributed by atoms with van der Waals surface area (Å²) in [6.07, 6.45) is 6.27. The Morgan fingerprint density at radius 2 is 2.00 bits per heavy atom. The van der Waals surface area contributed by atoms with Gasteiger partial charge in [0.1, 0.15) is 0 Å². The van der Waals surface area contributed by atoms with Gasteiger partial charge < -0.3 is 10.0 Å². The summed E-state index contributed by atoms with van der Waals surface area (Å²) in [4.78, 5) is 25.3. The van der Waals surface area contributed by atoms with Crippen LogP contribution in [0.5, 0.6) is 0 Å². The lowest BCUT2D eigenvalue weighted by atomic mass is 9.93. The molecule has 118 valence electrons. The van der Waals surface area contributed by atoms with Crippen LogP contribution in [0.25, 0.3) is 0 Å². The third-order valence-corrected chi connectivity index (χ3v) is 4.92. The Morgan fingerprint density at radius 3 is 2.82 bits per heavy atom. The monoisotopic (exact) mass is 301 g/mol. The van der Waals surface area contributed by atoms with Gasteiger partial charge in [-0.05, 0) is 67.7 Å². The minimum absolute atomic E-state index is 0.106. The van der Waals surface area contributed by atoms with Gasteiger partial charge >= 0.3 is 5.97 Å². The van der Waals surface area contributed by atoms with E-state index in [4.69, 9.17) is 5.11 Å². The second-order valence-corrected chi connectivity index (χ2v) is 6.53. The Labute approximate surface area is 131 Å². The number of carboxylic acids is 1. The lowest BCUT2D eigenvalue weighted by Gasteiger charge is -2.32. The van der Waals surface area contributed by atoms with Crippen molar-refractivity contribution in [2.75, 3.05) is 13.1 Å². The van der Waals surface area contributed by atoms with E-state index < -0.39 is 5.97 Å². The third-order valence-electron chi connectivity index (χ3n) is 4.92. The van der Waals surface area contributed by atoms with Gasteiger partial charge in [0.15, 0.2) is 0 Å². The lowest BCUT2D eigenvalue weighted by Crippen LogP contribution is -2.40. The fraction of sp³-hybridized carbons (Fsp3) is 0.556. The van der Waals surface area contributed by atoms with E-state index in [-0.39, 0.29) is 12.3 Å². The van der Waals surface area contributed by atoms with Gasteiger partial charge in [0.05, 0.1) is 0 Å². The summed E-state index contributed by atoms with van der Waals surface area (Å²) in [5.74, 6) is -0.319. The molecular formula is C18H23NO3. The topological polar surface area (TPSA) is 57.6 Å². The normalized spacial score (nSPS) is 20.7. The maximum atomic E-state index is 12.7. The van der Waals surface area contributed by atoms with Crippen LogP contribution < -0.4 is 0 Å². The number of carbonyl (C=O) groups excluding carboxylic acids is 1. The molecule has 0 aromatic heterocycles. The van der Waals surface area contributed by atoms with Crippen LogP contribution >= 0.6 is 0 Å². The molecule has 1 aliphatic carbocycles. The molecule has 1 saturated heterocycles. The highest BCUT2D eigenvalue weighted by atomic mass is 16.4. The number of carboxylic acid groups (broad SMARTS) is 1. The van der Waals surface area contributed by atoms with Gasteiger partial charge in [-0.3, -0.25) is 9.59 Å². The zero-order chi connectivity index (χ0) is 15.5. The predicted octanol–water partition coefficient (Wildman–Crippen LogP) is 2.89. The predicted molar refractivity (Wildman–Crippen MR) is 84.0 cm³/mol. The van der Waals surface area contributed by atoms with Crippen LogP contribution in [0, 0.1) is 5.92 Å². The van der Waals surface area contributed by atoms with Gasteiger partial charge in [0.2, 0.25) is 0 Å². The maximum absolute atomic E-state index is 12.7. The van der Waals surface area contributed by atoms with Crippen LogP contribution in [0.2, 0.25) is 0 Å². The first-order valence-electron chi connectivity index (χ1n) is 8.26. The molecule has 1 aliphatic heterocycles. The Kier molecular flexibility index (Phi) is 4.46. The summed E-state index contributed by atoms with van der Waals surface area (Å²) in [7, 11) is 0. The van der Waals surface area contributed by atoms with Crippen molar-refractivity contribution in [3.05, 3.63) is 34.9 Å². The molecule has 4 nitrogen and oxygen atoms in total. The second kappa shape index (κ2) is 6.51. The summed E-state index contributed by atoms with van der Waals surface area (Å²) in [5, 5.41) is 8.81. The average molecular weight is 301 g/mol. The Morgan fingerprint density at radius 1 is 1.18 bits per heavy atom. The molecule has 1 aromatic carbocycles. The van der Waals surface area contributed by atoms with Crippen molar-refractivity contribution in [2.45, 2.75) is 44.9 Å². The molecule has 1 N–H and O–H groups in total. The molecule has 1 amide bonds. The van der Waals surface area contributed by atoms with E-state index in [0.29, 0.717) is 18.9 Å². The van der Waals surface area contributed by atoms with Crippen molar-refractivity contribution in [3.8, 4) is 0 Å². The van der Waals surface area contributed by atoms with Gasteiger partial charge in [0, 0.05) is 25.1 Å². The van der Waals surface area contributed by atoms with Crippen molar-refractivity contribution in [3.63, 3.8) is 0 Å². The van der Waals surface area contributed by atoms with Crippen molar-refractivity contribution < 1.29 is 14.7 Å². The van der Waals surface area contributed by atoms with E-state index in [1.54, 1.807) is 0 Å². The molecular weight excluding hydrogens is 278 g/mol. The van der Waals surface area contributed by atoms with E-state index in [9.17, 15) is 9.59 Å². The molecule has 1 unspecified atom stereocenters. The molecule has 4 heteroatoms. The van der Waals surface area contributed by atoms with Crippen LogP contribution in [0.3, 0.4) is 0 Å². The first kappa shape index (κ1) is 15.1. The number of carbonyl (C=O) groups is 2. The number of piperidine rings is 1.